The minimum atomic E-state index is -1.43. The number of azide groups is 1. The zero-order valence-electron chi connectivity index (χ0n) is 26.6. The van der Waals surface area contributed by atoms with Crippen LogP contribution in [0.15, 0.2) is 118 Å². The van der Waals surface area contributed by atoms with Crippen LogP contribution in [-0.4, -0.2) is 42.2 Å². The number of unbranched alkanes of at least 4 members (excludes halogenated alkanes) is 1. The Morgan fingerprint density at radius 1 is 0.958 bits per heavy atom. The number of hydrogen-bond acceptors (Lipinski definition) is 7. The van der Waals surface area contributed by atoms with Crippen molar-refractivity contribution in [3.8, 4) is 5.75 Å². The molecule has 0 unspecified atom stereocenters. The van der Waals surface area contributed by atoms with Gasteiger partial charge in [-0.05, 0) is 77.4 Å². The van der Waals surface area contributed by atoms with E-state index in [4.69, 9.17) is 25.1 Å². The predicted molar refractivity (Wildman–Crippen MR) is 189 cm³/mol. The van der Waals surface area contributed by atoms with Gasteiger partial charge in [-0.1, -0.05) is 93.8 Å². The molecule has 0 bridgehead atoms. The number of aliphatic hydroxyl groups is 1. The second-order valence-electron chi connectivity index (χ2n) is 11.5. The molecule has 10 nitrogen and oxygen atoms in total. The molecule has 0 aromatic heterocycles. The van der Waals surface area contributed by atoms with Crippen LogP contribution in [0.2, 0.25) is 0 Å². The molecule has 1 heterocycles. The highest BCUT2D eigenvalue weighted by atomic mass is 79.9. The Labute approximate surface area is 288 Å². The number of carbonyl (C=O) groups excluding carboxylic acids is 1. The number of nitrogens with one attached hydrogen (secondary N) is 2. The largest absolute Gasteiger partial charge is 0.494 e. The van der Waals surface area contributed by atoms with E-state index >= 15 is 0 Å². The van der Waals surface area contributed by atoms with Gasteiger partial charge in [0, 0.05) is 40.9 Å². The first kappa shape index (κ1) is 34.7. The lowest BCUT2D eigenvalue weighted by atomic mass is 9.80. The zero-order chi connectivity index (χ0) is 33.6. The Bertz CT molecular complexity index is 1730. The summed E-state index contributed by atoms with van der Waals surface area (Å²) in [4.78, 5) is 22.6. The average Bonchev–Trinajstić information content (AvgIpc) is 3.51. The number of rotatable bonds is 17. The van der Waals surface area contributed by atoms with Gasteiger partial charge in [-0.3, -0.25) is 10.2 Å². The molecule has 48 heavy (non-hydrogen) atoms. The fourth-order valence-electron chi connectivity index (χ4n) is 5.67. The number of ether oxygens (including phenoxy) is 2. The normalized spacial score (nSPS) is 16.8. The molecule has 1 aliphatic heterocycles. The van der Waals surface area contributed by atoms with Crippen LogP contribution in [0.5, 0.6) is 5.75 Å². The van der Waals surface area contributed by atoms with Crippen LogP contribution in [0.4, 0.5) is 0 Å². The number of hydrogen-bond donors (Lipinski definition) is 3. The molecule has 0 saturated carbocycles. The van der Waals surface area contributed by atoms with E-state index in [1.165, 1.54) is 5.56 Å². The SMILES string of the molecule is [N-]=[N+]=NCc1ccccc1[C@@H]1OC(c2ccc(OCCCO)cc2)=N[C@]1(Cc1ccccc1Br)C(=O)NNCCCCc1ccccc1. The van der Waals surface area contributed by atoms with Gasteiger partial charge >= 0.3 is 0 Å². The number of aliphatic imine (C=N–C) groups is 1. The van der Waals surface area contributed by atoms with Gasteiger partial charge in [0.2, 0.25) is 5.90 Å². The molecule has 0 fully saturated rings. The molecule has 0 radical (unpaired) electrons. The van der Waals surface area contributed by atoms with Crippen LogP contribution in [-0.2, 0) is 28.9 Å². The van der Waals surface area contributed by atoms with E-state index in [0.717, 1.165) is 34.9 Å². The third-order valence-corrected chi connectivity index (χ3v) is 8.93. The number of benzene rings is 4. The molecule has 0 saturated heterocycles. The zero-order valence-corrected chi connectivity index (χ0v) is 28.2. The Kier molecular flexibility index (Phi) is 12.6. The summed E-state index contributed by atoms with van der Waals surface area (Å²) in [5, 5.41) is 12.9. The summed E-state index contributed by atoms with van der Waals surface area (Å²) in [5.41, 5.74) is 18.1. The van der Waals surface area contributed by atoms with Crippen LogP contribution in [0.3, 0.4) is 0 Å². The fourth-order valence-corrected chi connectivity index (χ4v) is 6.10. The van der Waals surface area contributed by atoms with Crippen molar-refractivity contribution >= 4 is 27.7 Å². The molecular weight excluding hydrogens is 672 g/mol. The molecular formula is C37H39BrN6O4. The third-order valence-electron chi connectivity index (χ3n) is 8.15. The molecule has 248 valence electrons. The summed E-state index contributed by atoms with van der Waals surface area (Å²) < 4.78 is 13.2. The molecule has 4 aromatic carbocycles. The number of amides is 1. The molecule has 5 rings (SSSR count). The van der Waals surface area contributed by atoms with Crippen molar-refractivity contribution in [1.29, 1.82) is 0 Å². The van der Waals surface area contributed by atoms with Crippen molar-refractivity contribution in [1.82, 2.24) is 10.9 Å². The quantitative estimate of drug-likeness (QED) is 0.0351. The number of hydrazine groups is 1. The van der Waals surface area contributed by atoms with Crippen molar-refractivity contribution in [2.45, 2.75) is 50.3 Å². The number of aliphatic hydroxyl groups excluding tert-OH is 1. The average molecular weight is 712 g/mol. The second-order valence-corrected chi connectivity index (χ2v) is 12.3. The van der Waals surface area contributed by atoms with E-state index in [9.17, 15) is 4.79 Å². The maximum atomic E-state index is 14.5. The first-order valence-electron chi connectivity index (χ1n) is 16.0. The lowest BCUT2D eigenvalue weighted by molar-refractivity contribution is -0.130. The maximum absolute atomic E-state index is 14.5. The van der Waals surface area contributed by atoms with Crippen molar-refractivity contribution in [3.05, 3.63) is 146 Å². The lowest BCUT2D eigenvalue weighted by Gasteiger charge is -2.32. The van der Waals surface area contributed by atoms with Gasteiger partial charge in [0.25, 0.3) is 5.91 Å². The van der Waals surface area contributed by atoms with Crippen molar-refractivity contribution in [3.63, 3.8) is 0 Å². The molecule has 1 aliphatic rings. The summed E-state index contributed by atoms with van der Waals surface area (Å²) in [6, 6.07) is 32.9. The summed E-state index contributed by atoms with van der Waals surface area (Å²) in [6.07, 6.45) is 2.70. The molecule has 1 amide bonds. The van der Waals surface area contributed by atoms with E-state index in [0.29, 0.717) is 42.3 Å². The summed E-state index contributed by atoms with van der Waals surface area (Å²) in [5.74, 6) is 0.616. The number of aryl methyl sites for hydroxylation is 1. The molecule has 11 heteroatoms. The first-order valence-corrected chi connectivity index (χ1v) is 16.8. The maximum Gasteiger partial charge on any atom is 0.266 e. The van der Waals surface area contributed by atoms with Gasteiger partial charge in [0.05, 0.1) is 13.2 Å². The van der Waals surface area contributed by atoms with Gasteiger partial charge in [0.1, 0.15) is 5.75 Å². The Morgan fingerprint density at radius 2 is 1.69 bits per heavy atom. The van der Waals surface area contributed by atoms with Crippen LogP contribution in [0.1, 0.15) is 53.2 Å². The number of halogens is 1. The smallest absolute Gasteiger partial charge is 0.266 e. The second kappa shape index (κ2) is 17.5. The van der Waals surface area contributed by atoms with Crippen LogP contribution >= 0.6 is 15.9 Å². The third kappa shape index (κ3) is 8.81. The predicted octanol–water partition coefficient (Wildman–Crippen LogP) is 7.16. The Balaban J connectivity index is 1.47. The van der Waals surface area contributed by atoms with Crippen molar-refractivity contribution in [2.75, 3.05) is 19.8 Å². The monoisotopic (exact) mass is 710 g/mol. The lowest BCUT2D eigenvalue weighted by Crippen LogP contribution is -2.54. The number of carbonyl (C=O) groups is 1. The highest BCUT2D eigenvalue weighted by Crippen LogP contribution is 2.44. The van der Waals surface area contributed by atoms with E-state index in [2.05, 4.69) is 48.9 Å². The minimum absolute atomic E-state index is 0.0511. The highest BCUT2D eigenvalue weighted by Gasteiger charge is 2.54. The highest BCUT2D eigenvalue weighted by molar-refractivity contribution is 9.10. The summed E-state index contributed by atoms with van der Waals surface area (Å²) in [7, 11) is 0. The van der Waals surface area contributed by atoms with E-state index < -0.39 is 11.6 Å². The fraction of sp³-hybridized carbons (Fsp3) is 0.297. The van der Waals surface area contributed by atoms with Crippen LogP contribution < -0.4 is 15.6 Å². The first-order chi connectivity index (χ1) is 23.5. The number of nitrogens with zero attached hydrogens (tertiary/aromatic N) is 4. The summed E-state index contributed by atoms with van der Waals surface area (Å²) >= 11 is 3.67. The summed E-state index contributed by atoms with van der Waals surface area (Å²) in [6.45, 7) is 1.12. The topological polar surface area (TPSA) is 141 Å². The Morgan fingerprint density at radius 3 is 2.44 bits per heavy atom. The Hall–Kier alpha value is -4.67. The van der Waals surface area contributed by atoms with Crippen molar-refractivity contribution in [2.24, 2.45) is 10.1 Å². The van der Waals surface area contributed by atoms with E-state index in [-0.39, 0.29) is 25.5 Å². The van der Waals surface area contributed by atoms with Gasteiger partial charge in [-0.2, -0.15) is 0 Å². The van der Waals surface area contributed by atoms with E-state index in [1.807, 2.05) is 91.0 Å². The van der Waals surface area contributed by atoms with Gasteiger partial charge in [0.15, 0.2) is 11.6 Å². The molecule has 3 N–H and O–H groups in total. The van der Waals surface area contributed by atoms with Crippen molar-refractivity contribution < 1.29 is 19.4 Å². The van der Waals surface area contributed by atoms with Gasteiger partial charge in [-0.15, -0.1) is 0 Å². The van der Waals surface area contributed by atoms with Gasteiger partial charge in [-0.25, -0.2) is 10.4 Å². The van der Waals surface area contributed by atoms with Crippen LogP contribution in [0.25, 0.3) is 10.4 Å². The standard InChI is InChI=1S/C37H39BrN6O4/c38-33-17-7-5-14-29(33)25-37(36(46)43-40-22-9-8-13-27-11-2-1-3-12-27)34(32-16-6-4-15-30(32)26-41-44-39)48-35(42-37)28-18-20-31(21-19-28)47-24-10-23-45/h1-7,11-12,14-21,34,40,45H,8-10,13,22-26H2,(H,43,46)/t34-,37-/m0/s1. The molecule has 4 aromatic rings. The molecule has 0 aliphatic carbocycles. The van der Waals surface area contributed by atoms with Crippen LogP contribution in [0, 0.1) is 0 Å². The van der Waals surface area contributed by atoms with Gasteiger partial charge < -0.3 is 14.6 Å². The molecule has 0 spiro atoms. The minimum Gasteiger partial charge on any atom is -0.494 e. The van der Waals surface area contributed by atoms with E-state index in [1.54, 1.807) is 0 Å². The molecule has 2 atom stereocenters.